The molecule has 0 spiro atoms. The Morgan fingerprint density at radius 3 is 2.16 bits per heavy atom. The Morgan fingerprint density at radius 1 is 0.930 bits per heavy atom. The largest absolute Gasteiger partial charge is 0.444 e. The number of rotatable bonds is 16. The molecule has 43 heavy (non-hydrogen) atoms. The maximum atomic E-state index is 13.0. The average molecular weight is 604 g/mol. The second-order valence-corrected chi connectivity index (χ2v) is 11.1. The fraction of sp³-hybridized carbons (Fsp3) is 0.567. The zero-order valence-corrected chi connectivity index (χ0v) is 25.2. The number of hydrogen-bond acceptors (Lipinski definition) is 10. The number of carbonyl (C=O) groups excluding carboxylic acids is 5. The SMILES string of the molecule is C/C(=C\c1ccc2c(c1)C(=O)N(C1CCC(=O)NC1=O)C2=O)COCCOCCOCCOCCNC(=O)OC(C)(C)C. The molecule has 3 rings (SSSR count). The first-order valence-corrected chi connectivity index (χ1v) is 14.3. The second kappa shape index (κ2) is 16.3. The van der Waals surface area contributed by atoms with Crippen molar-refractivity contribution in [3.63, 3.8) is 0 Å². The minimum Gasteiger partial charge on any atom is -0.444 e. The highest BCUT2D eigenvalue weighted by Crippen LogP contribution is 2.28. The Hall–Kier alpha value is -3.65. The Kier molecular flexibility index (Phi) is 12.8. The number of hydrogen-bond donors (Lipinski definition) is 2. The molecule has 236 valence electrons. The molecule has 1 unspecified atom stereocenters. The third-order valence-corrected chi connectivity index (χ3v) is 6.24. The molecule has 0 radical (unpaired) electrons. The number of piperidine rings is 1. The Labute approximate surface area is 251 Å². The lowest BCUT2D eigenvalue weighted by Gasteiger charge is -2.27. The highest BCUT2D eigenvalue weighted by atomic mass is 16.6. The normalized spacial score (nSPS) is 17.3. The maximum absolute atomic E-state index is 13.0. The predicted molar refractivity (Wildman–Crippen MR) is 154 cm³/mol. The van der Waals surface area contributed by atoms with Crippen molar-refractivity contribution in [3.05, 3.63) is 40.5 Å². The molecule has 2 heterocycles. The number of fused-ring (bicyclic) bond motifs is 1. The van der Waals surface area contributed by atoms with Gasteiger partial charge in [-0.05, 0) is 57.4 Å². The number of nitrogens with zero attached hydrogens (tertiary/aromatic N) is 1. The molecule has 2 aliphatic rings. The minimum absolute atomic E-state index is 0.0739. The molecule has 1 aromatic rings. The smallest absolute Gasteiger partial charge is 0.407 e. The molecule has 0 aromatic heterocycles. The number of ether oxygens (including phenoxy) is 5. The van der Waals surface area contributed by atoms with Gasteiger partial charge in [0.1, 0.15) is 11.6 Å². The molecule has 2 N–H and O–H groups in total. The van der Waals surface area contributed by atoms with Crippen LogP contribution >= 0.6 is 0 Å². The van der Waals surface area contributed by atoms with E-state index in [0.717, 1.165) is 16.0 Å². The van der Waals surface area contributed by atoms with Crippen LogP contribution in [0, 0.1) is 0 Å². The summed E-state index contributed by atoms with van der Waals surface area (Å²) in [5.41, 5.74) is 1.57. The van der Waals surface area contributed by atoms with Crippen molar-refractivity contribution in [2.45, 2.75) is 52.2 Å². The fourth-order valence-electron chi connectivity index (χ4n) is 4.34. The van der Waals surface area contributed by atoms with Crippen LogP contribution in [-0.4, -0.2) is 106 Å². The summed E-state index contributed by atoms with van der Waals surface area (Å²) in [5.74, 6) is -2.12. The molecule has 1 fully saturated rings. The van der Waals surface area contributed by atoms with Gasteiger partial charge in [-0.2, -0.15) is 0 Å². The number of alkyl carbamates (subject to hydrolysis) is 1. The molecular formula is C30H41N3O10. The lowest BCUT2D eigenvalue weighted by atomic mass is 10.0. The van der Waals surface area contributed by atoms with Crippen molar-refractivity contribution in [2.24, 2.45) is 0 Å². The summed E-state index contributed by atoms with van der Waals surface area (Å²) in [7, 11) is 0. The van der Waals surface area contributed by atoms with E-state index >= 15 is 0 Å². The second-order valence-electron chi connectivity index (χ2n) is 11.1. The van der Waals surface area contributed by atoms with Crippen LogP contribution in [0.5, 0.6) is 0 Å². The molecule has 5 amide bonds. The molecule has 0 bridgehead atoms. The van der Waals surface area contributed by atoms with Crippen LogP contribution < -0.4 is 10.6 Å². The summed E-state index contributed by atoms with van der Waals surface area (Å²) < 4.78 is 27.1. The molecule has 1 atom stereocenters. The number of benzene rings is 1. The van der Waals surface area contributed by atoms with E-state index in [2.05, 4.69) is 10.6 Å². The lowest BCUT2D eigenvalue weighted by molar-refractivity contribution is -0.136. The van der Waals surface area contributed by atoms with Crippen LogP contribution in [0.3, 0.4) is 0 Å². The van der Waals surface area contributed by atoms with Gasteiger partial charge in [-0.1, -0.05) is 12.1 Å². The number of carbonyl (C=O) groups is 5. The molecule has 13 heteroatoms. The van der Waals surface area contributed by atoms with Crippen LogP contribution in [0.1, 0.15) is 66.8 Å². The van der Waals surface area contributed by atoms with Crippen molar-refractivity contribution in [1.29, 1.82) is 0 Å². The van der Waals surface area contributed by atoms with Crippen molar-refractivity contribution in [1.82, 2.24) is 15.5 Å². The summed E-state index contributed by atoms with van der Waals surface area (Å²) >= 11 is 0. The number of nitrogens with one attached hydrogen (secondary N) is 2. The van der Waals surface area contributed by atoms with Crippen LogP contribution in [0.2, 0.25) is 0 Å². The first kappa shape index (κ1) is 33.8. The van der Waals surface area contributed by atoms with Crippen molar-refractivity contribution in [3.8, 4) is 0 Å². The Bertz CT molecular complexity index is 1210. The fourth-order valence-corrected chi connectivity index (χ4v) is 4.34. The van der Waals surface area contributed by atoms with Crippen molar-refractivity contribution < 1.29 is 47.7 Å². The monoisotopic (exact) mass is 603 g/mol. The van der Waals surface area contributed by atoms with E-state index in [9.17, 15) is 24.0 Å². The van der Waals surface area contributed by atoms with Gasteiger partial charge in [0.05, 0.1) is 64.0 Å². The molecule has 1 saturated heterocycles. The Balaban J connectivity index is 1.25. The first-order valence-electron chi connectivity index (χ1n) is 14.3. The van der Waals surface area contributed by atoms with Crippen LogP contribution in [0.4, 0.5) is 4.79 Å². The average Bonchev–Trinajstić information content (AvgIpc) is 3.17. The van der Waals surface area contributed by atoms with Gasteiger partial charge in [-0.15, -0.1) is 0 Å². The van der Waals surface area contributed by atoms with Crippen LogP contribution in [0.25, 0.3) is 6.08 Å². The van der Waals surface area contributed by atoms with Gasteiger partial charge in [-0.25, -0.2) is 4.79 Å². The first-order chi connectivity index (χ1) is 20.5. The summed E-state index contributed by atoms with van der Waals surface area (Å²) in [6.45, 7) is 10.8. The molecular weight excluding hydrogens is 562 g/mol. The van der Waals surface area contributed by atoms with Gasteiger partial charge in [0.25, 0.3) is 11.8 Å². The van der Waals surface area contributed by atoms with Crippen molar-refractivity contribution in [2.75, 3.05) is 59.4 Å². The summed E-state index contributed by atoms with van der Waals surface area (Å²) in [4.78, 5) is 61.9. The van der Waals surface area contributed by atoms with Crippen LogP contribution in [0.15, 0.2) is 23.8 Å². The molecule has 1 aromatic carbocycles. The minimum atomic E-state index is -0.992. The predicted octanol–water partition coefficient (Wildman–Crippen LogP) is 2.08. The number of imide groups is 2. The van der Waals surface area contributed by atoms with E-state index < -0.39 is 41.4 Å². The highest BCUT2D eigenvalue weighted by Gasteiger charge is 2.44. The summed E-state index contributed by atoms with van der Waals surface area (Å²) in [5, 5.41) is 4.80. The third kappa shape index (κ3) is 10.8. The highest BCUT2D eigenvalue weighted by molar-refractivity contribution is 6.23. The molecule has 0 saturated carbocycles. The Morgan fingerprint density at radius 2 is 1.53 bits per heavy atom. The molecule has 2 aliphatic heterocycles. The zero-order valence-electron chi connectivity index (χ0n) is 25.2. The van der Waals surface area contributed by atoms with Gasteiger partial charge < -0.3 is 29.0 Å². The van der Waals surface area contributed by atoms with Gasteiger partial charge >= 0.3 is 6.09 Å². The zero-order chi connectivity index (χ0) is 31.4. The van der Waals surface area contributed by atoms with Gasteiger partial charge in [0, 0.05) is 13.0 Å². The van der Waals surface area contributed by atoms with E-state index in [-0.39, 0.29) is 24.0 Å². The van der Waals surface area contributed by atoms with E-state index in [4.69, 9.17) is 23.7 Å². The lowest BCUT2D eigenvalue weighted by Crippen LogP contribution is -2.54. The summed E-state index contributed by atoms with van der Waals surface area (Å²) in [6, 6.07) is 3.94. The third-order valence-electron chi connectivity index (χ3n) is 6.24. The van der Waals surface area contributed by atoms with Gasteiger partial charge in [0.15, 0.2) is 0 Å². The quantitative estimate of drug-likeness (QED) is 0.212. The maximum Gasteiger partial charge on any atom is 0.407 e. The van der Waals surface area contributed by atoms with E-state index in [1.807, 2.05) is 13.0 Å². The molecule has 13 nitrogen and oxygen atoms in total. The van der Waals surface area contributed by atoms with Gasteiger partial charge in [-0.3, -0.25) is 29.4 Å². The van der Waals surface area contributed by atoms with Crippen LogP contribution in [-0.2, 0) is 33.3 Å². The molecule has 0 aliphatic carbocycles. The van der Waals surface area contributed by atoms with E-state index in [1.54, 1.807) is 39.0 Å². The standard InChI is InChI=1S/C30H41N3O10/c1-20(19-42-16-15-41-14-13-40-12-11-39-10-9-31-29(38)43-30(2,3)4)17-21-5-6-22-23(18-21)28(37)33(27(22)36)24-7-8-25(34)32-26(24)35/h5-6,17-18,24H,7-16,19H2,1-4H3,(H,31,38)(H,32,34,35)/b20-17+. The summed E-state index contributed by atoms with van der Waals surface area (Å²) in [6.07, 6.45) is 1.57. The van der Waals surface area contributed by atoms with Crippen molar-refractivity contribution >= 4 is 35.8 Å². The topological polar surface area (TPSA) is 159 Å². The number of amides is 5. The van der Waals surface area contributed by atoms with E-state index in [0.29, 0.717) is 59.4 Å². The van der Waals surface area contributed by atoms with Gasteiger partial charge in [0.2, 0.25) is 11.8 Å². The van der Waals surface area contributed by atoms with E-state index in [1.165, 1.54) is 0 Å².